The molecule has 0 spiro atoms. The molecular weight excluding hydrogens is 506 g/mol. The number of halogens is 1. The second-order valence-corrected chi connectivity index (χ2v) is 9.07. The lowest BCUT2D eigenvalue weighted by atomic mass is 10.2. The first-order valence-corrected chi connectivity index (χ1v) is 12.3. The summed E-state index contributed by atoms with van der Waals surface area (Å²) in [6.07, 6.45) is 4.42. The van der Waals surface area contributed by atoms with Crippen LogP contribution in [0.25, 0.3) is 17.7 Å². The molecule has 0 saturated heterocycles. The Bertz CT molecular complexity index is 1500. The molecule has 2 aromatic carbocycles. The van der Waals surface area contributed by atoms with Crippen LogP contribution in [0.2, 0.25) is 5.02 Å². The summed E-state index contributed by atoms with van der Waals surface area (Å²) in [5.74, 6) is 0.568. The van der Waals surface area contributed by atoms with Crippen LogP contribution >= 0.6 is 11.6 Å². The van der Waals surface area contributed by atoms with Gasteiger partial charge in [-0.05, 0) is 42.0 Å². The molecule has 184 valence electrons. The highest BCUT2D eigenvalue weighted by Gasteiger charge is 2.23. The largest absolute Gasteiger partial charge is 0.493 e. The van der Waals surface area contributed by atoms with Crippen molar-refractivity contribution in [1.82, 2.24) is 19.9 Å². The fourth-order valence-corrected chi connectivity index (χ4v) is 4.02. The predicted octanol–water partition coefficient (Wildman–Crippen LogP) is 4.81. The molecule has 4 aromatic rings. The van der Waals surface area contributed by atoms with Crippen molar-refractivity contribution in [2.45, 2.75) is 0 Å². The minimum atomic E-state index is -4.07. The third-order valence-electron chi connectivity index (χ3n) is 4.60. The average Bonchev–Trinajstić information content (AvgIpc) is 2.89. The van der Waals surface area contributed by atoms with Crippen molar-refractivity contribution in [3.63, 3.8) is 0 Å². The summed E-state index contributed by atoms with van der Waals surface area (Å²) < 4.78 is 45.1. The maximum atomic E-state index is 13.0. The summed E-state index contributed by atoms with van der Waals surface area (Å²) in [5, 5.41) is 1.46. The van der Waals surface area contributed by atoms with Gasteiger partial charge in [-0.25, -0.2) is 23.4 Å². The van der Waals surface area contributed by atoms with Crippen LogP contribution in [-0.4, -0.2) is 42.6 Å². The summed E-state index contributed by atoms with van der Waals surface area (Å²) in [7, 11) is -1.22. The molecule has 0 radical (unpaired) electrons. The van der Waals surface area contributed by atoms with Gasteiger partial charge in [-0.3, -0.25) is 4.72 Å². The molecule has 0 aliphatic heterocycles. The van der Waals surface area contributed by atoms with Crippen LogP contribution in [0, 0.1) is 0 Å². The molecule has 0 aliphatic rings. The molecule has 0 fully saturated rings. The zero-order valence-electron chi connectivity index (χ0n) is 19.1. The number of hydrogen-bond acceptors (Lipinski definition) is 9. The Hall–Kier alpha value is -4.22. The zero-order chi connectivity index (χ0) is 25.5. The highest BCUT2D eigenvalue weighted by Crippen LogP contribution is 2.40. The molecule has 0 bridgehead atoms. The van der Waals surface area contributed by atoms with E-state index in [2.05, 4.69) is 24.7 Å². The maximum Gasteiger partial charge on any atom is 0.263 e. The molecule has 0 saturated carbocycles. The lowest BCUT2D eigenvalue weighted by Gasteiger charge is -2.16. The van der Waals surface area contributed by atoms with Crippen LogP contribution in [0.4, 0.5) is 5.82 Å². The van der Waals surface area contributed by atoms with Crippen LogP contribution in [0.1, 0.15) is 5.56 Å². The lowest BCUT2D eigenvalue weighted by molar-refractivity contribution is 0.348. The van der Waals surface area contributed by atoms with Crippen LogP contribution in [0.15, 0.2) is 72.4 Å². The molecular formula is C24H20ClN5O5S. The van der Waals surface area contributed by atoms with Gasteiger partial charge in [0, 0.05) is 17.4 Å². The predicted molar refractivity (Wildman–Crippen MR) is 136 cm³/mol. The van der Waals surface area contributed by atoms with Gasteiger partial charge in [-0.2, -0.15) is 4.98 Å². The monoisotopic (exact) mass is 525 g/mol. The Morgan fingerprint density at radius 3 is 2.33 bits per heavy atom. The summed E-state index contributed by atoms with van der Waals surface area (Å²) in [6.45, 7) is 0. The Balaban J connectivity index is 1.79. The number of nitrogens with one attached hydrogen (secondary N) is 1. The van der Waals surface area contributed by atoms with Crippen LogP contribution in [0.3, 0.4) is 0 Å². The topological polar surface area (TPSA) is 125 Å². The van der Waals surface area contributed by atoms with E-state index in [1.54, 1.807) is 54.6 Å². The second-order valence-electron chi connectivity index (χ2n) is 7.06. The van der Waals surface area contributed by atoms with Crippen molar-refractivity contribution in [2.24, 2.45) is 0 Å². The van der Waals surface area contributed by atoms with Gasteiger partial charge in [0.15, 0.2) is 23.1 Å². The minimum Gasteiger partial charge on any atom is -0.493 e. The van der Waals surface area contributed by atoms with Crippen molar-refractivity contribution in [3.8, 4) is 34.8 Å². The van der Waals surface area contributed by atoms with E-state index in [1.807, 2.05) is 0 Å². The first-order chi connectivity index (χ1) is 17.4. The van der Waals surface area contributed by atoms with Gasteiger partial charge in [-0.1, -0.05) is 35.9 Å². The number of anilines is 1. The molecule has 1 N–H and O–H groups in total. The molecule has 2 aromatic heterocycles. The fourth-order valence-electron chi connectivity index (χ4n) is 3.00. The highest BCUT2D eigenvalue weighted by atomic mass is 35.5. The highest BCUT2D eigenvalue weighted by molar-refractivity contribution is 7.95. The van der Waals surface area contributed by atoms with E-state index in [-0.39, 0.29) is 29.1 Å². The van der Waals surface area contributed by atoms with E-state index >= 15 is 0 Å². The molecule has 10 nitrogen and oxygen atoms in total. The zero-order valence-corrected chi connectivity index (χ0v) is 20.7. The number of ether oxygens (including phenoxy) is 3. The molecule has 0 atom stereocenters. The number of sulfonamides is 1. The summed E-state index contributed by atoms with van der Waals surface area (Å²) >= 11 is 5.99. The second kappa shape index (κ2) is 11.0. The quantitative estimate of drug-likeness (QED) is 0.327. The summed E-state index contributed by atoms with van der Waals surface area (Å²) in [4.78, 5) is 16.9. The number of aromatic nitrogens is 4. The van der Waals surface area contributed by atoms with E-state index in [0.29, 0.717) is 22.1 Å². The summed E-state index contributed by atoms with van der Waals surface area (Å²) in [6, 6.07) is 15.2. The molecule has 0 aliphatic carbocycles. The molecule has 2 heterocycles. The van der Waals surface area contributed by atoms with Crippen molar-refractivity contribution in [2.75, 3.05) is 18.9 Å². The Kier molecular flexibility index (Phi) is 7.62. The van der Waals surface area contributed by atoms with Gasteiger partial charge < -0.3 is 14.2 Å². The smallest absolute Gasteiger partial charge is 0.263 e. The van der Waals surface area contributed by atoms with Gasteiger partial charge in [-0.15, -0.1) is 0 Å². The fraction of sp³-hybridized carbons (Fsp3) is 0.0833. The normalized spacial score (nSPS) is 11.3. The van der Waals surface area contributed by atoms with E-state index in [0.717, 1.165) is 5.41 Å². The van der Waals surface area contributed by atoms with E-state index in [4.69, 9.17) is 25.8 Å². The van der Waals surface area contributed by atoms with E-state index in [1.165, 1.54) is 32.7 Å². The molecule has 0 amide bonds. The molecule has 0 unspecified atom stereocenters. The Morgan fingerprint density at radius 2 is 1.64 bits per heavy atom. The lowest BCUT2D eigenvalue weighted by Crippen LogP contribution is -2.13. The number of rotatable bonds is 9. The number of nitrogens with zero attached hydrogens (tertiary/aromatic N) is 4. The third-order valence-corrected chi connectivity index (χ3v) is 5.81. The van der Waals surface area contributed by atoms with Gasteiger partial charge in [0.05, 0.1) is 19.6 Å². The molecule has 4 rings (SSSR count). The van der Waals surface area contributed by atoms with Crippen molar-refractivity contribution in [3.05, 3.63) is 83.0 Å². The minimum absolute atomic E-state index is 0.0244. The standard InChI is InChI=1S/C24H20ClN5O5S/c1-33-18-9-3-4-10-19(18)35-20-21(28-23(29-24(20)34-2)22-26-12-6-13-27-22)30-36(31,32)14-11-16-7-5-8-17(25)15-16/h3-15H,1-2H3,(H,28,29,30)/b14-11+. The third kappa shape index (κ3) is 6.06. The van der Waals surface area contributed by atoms with Crippen LogP contribution in [-0.2, 0) is 10.0 Å². The number of benzene rings is 2. The van der Waals surface area contributed by atoms with Gasteiger partial charge in [0.25, 0.3) is 15.9 Å². The van der Waals surface area contributed by atoms with E-state index < -0.39 is 10.0 Å². The Morgan fingerprint density at radius 1 is 0.889 bits per heavy atom. The van der Waals surface area contributed by atoms with Crippen LogP contribution < -0.4 is 18.9 Å². The van der Waals surface area contributed by atoms with Gasteiger partial charge >= 0.3 is 0 Å². The SMILES string of the molecule is COc1ccccc1Oc1c(NS(=O)(=O)/C=C/c2cccc(Cl)c2)nc(-c2ncccn2)nc1OC. The average molecular weight is 526 g/mol. The summed E-state index contributed by atoms with van der Waals surface area (Å²) in [5.41, 5.74) is 0.594. The first-order valence-electron chi connectivity index (χ1n) is 10.4. The molecule has 36 heavy (non-hydrogen) atoms. The van der Waals surface area contributed by atoms with Gasteiger partial charge in [0.1, 0.15) is 0 Å². The number of methoxy groups -OCH3 is 2. The van der Waals surface area contributed by atoms with E-state index in [9.17, 15) is 8.42 Å². The van der Waals surface area contributed by atoms with Crippen molar-refractivity contribution >= 4 is 33.5 Å². The van der Waals surface area contributed by atoms with Crippen molar-refractivity contribution < 1.29 is 22.6 Å². The van der Waals surface area contributed by atoms with Gasteiger partial charge in [0.2, 0.25) is 11.6 Å². The first kappa shape index (κ1) is 24.9. The van der Waals surface area contributed by atoms with Crippen molar-refractivity contribution in [1.29, 1.82) is 0 Å². The maximum absolute atomic E-state index is 13.0. The van der Waals surface area contributed by atoms with Crippen LogP contribution in [0.5, 0.6) is 23.1 Å². The number of hydrogen-bond donors (Lipinski definition) is 1. The Labute approximate surface area is 212 Å². The number of para-hydroxylation sites is 2. The molecule has 12 heteroatoms.